The van der Waals surface area contributed by atoms with Crippen LogP contribution in [0.2, 0.25) is 0 Å². The van der Waals surface area contributed by atoms with Crippen LogP contribution in [0, 0.1) is 11.3 Å². The molecule has 2 bridgehead atoms. The highest BCUT2D eigenvalue weighted by atomic mass is 17.2. The maximum absolute atomic E-state index is 13.2. The van der Waals surface area contributed by atoms with Crippen LogP contribution in [0.1, 0.15) is 53.4 Å². The number of carbonyl (C=O) groups is 5. The second-order valence-electron chi connectivity index (χ2n) is 7.19. The molecule has 0 heterocycles. The van der Waals surface area contributed by atoms with E-state index in [0.29, 0.717) is 0 Å². The van der Waals surface area contributed by atoms with Crippen molar-refractivity contribution in [3.63, 3.8) is 0 Å². The lowest BCUT2D eigenvalue weighted by Crippen LogP contribution is -2.57. The van der Waals surface area contributed by atoms with Crippen molar-refractivity contribution >= 4 is 29.3 Å². The van der Waals surface area contributed by atoms with Crippen LogP contribution >= 0.6 is 0 Å². The Kier molecular flexibility index (Phi) is 5.75. The van der Waals surface area contributed by atoms with Crippen molar-refractivity contribution in [2.24, 2.45) is 11.3 Å². The maximum atomic E-state index is 13.2. The number of carbonyl (C=O) groups excluding carboxylic acids is 5. The van der Waals surface area contributed by atoms with Gasteiger partial charge in [0.05, 0.1) is 22.5 Å². The van der Waals surface area contributed by atoms with Gasteiger partial charge in [0.15, 0.2) is 11.6 Å². The van der Waals surface area contributed by atoms with Gasteiger partial charge in [0.2, 0.25) is 0 Å². The van der Waals surface area contributed by atoms with E-state index in [1.165, 1.54) is 6.92 Å². The number of hydrogen-bond donors (Lipinski definition) is 1. The average Bonchev–Trinajstić information content (AvgIpc) is 2.75. The lowest BCUT2D eigenvalue weighted by atomic mass is 9.62. The zero-order valence-electron chi connectivity index (χ0n) is 16.4. The fourth-order valence-corrected chi connectivity index (χ4v) is 4.31. The Morgan fingerprint density at radius 1 is 1.11 bits per heavy atom. The fraction of sp³-hybridized carbons (Fsp3) is 0.550. The zero-order chi connectivity index (χ0) is 21.4. The summed E-state index contributed by atoms with van der Waals surface area (Å²) in [5.74, 6) is -5.62. The van der Waals surface area contributed by atoms with Gasteiger partial charge in [0.1, 0.15) is 11.4 Å². The van der Waals surface area contributed by atoms with Crippen molar-refractivity contribution < 1.29 is 38.9 Å². The van der Waals surface area contributed by atoms with Crippen molar-refractivity contribution in [2.75, 3.05) is 0 Å². The van der Waals surface area contributed by atoms with Gasteiger partial charge in [-0.1, -0.05) is 27.4 Å². The minimum absolute atomic E-state index is 0.0354. The first kappa shape index (κ1) is 21.7. The number of ketones is 3. The largest absolute Gasteiger partial charge is 0.383 e. The first-order chi connectivity index (χ1) is 13.0. The highest BCUT2D eigenvalue weighted by Gasteiger charge is 2.71. The van der Waals surface area contributed by atoms with Crippen LogP contribution in [0.5, 0.6) is 0 Å². The van der Waals surface area contributed by atoms with E-state index in [4.69, 9.17) is 0 Å². The van der Waals surface area contributed by atoms with Gasteiger partial charge in [0, 0.05) is 12.0 Å². The minimum atomic E-state index is -2.22. The summed E-state index contributed by atoms with van der Waals surface area (Å²) in [6.07, 6.45) is -0.216. The molecule has 2 atom stereocenters. The second kappa shape index (κ2) is 7.43. The van der Waals surface area contributed by atoms with E-state index in [2.05, 4.69) is 16.4 Å². The third-order valence-corrected chi connectivity index (χ3v) is 5.91. The van der Waals surface area contributed by atoms with Crippen LogP contribution in [0.25, 0.3) is 0 Å². The number of Topliss-reactive ketones (excluding diaryl/α,β-unsaturated/α-hetero) is 3. The Hall–Kier alpha value is -2.61. The average molecular weight is 392 g/mol. The van der Waals surface area contributed by atoms with Gasteiger partial charge in [-0.25, -0.2) is 19.4 Å². The molecular weight excluding hydrogens is 368 g/mol. The van der Waals surface area contributed by atoms with E-state index in [1.54, 1.807) is 20.8 Å². The molecule has 0 spiro atoms. The lowest BCUT2D eigenvalue weighted by Gasteiger charge is -2.42. The summed E-state index contributed by atoms with van der Waals surface area (Å²) in [6.45, 7) is 9.59. The molecule has 0 aromatic carbocycles. The monoisotopic (exact) mass is 392 g/mol. The molecule has 0 amide bonds. The molecule has 1 N–H and O–H groups in total. The molecule has 0 radical (unpaired) electrons. The standard InChI is InChI=1S/C20H24O8/c1-6-12-13(21)9-11(18(25)28-27-17(24)10(4)5)14-15(22)19(7-2,8-3)20(12,26)16(14)23/h12,26H,4,6-9H2,1-3,5H3. The second-order valence-corrected chi connectivity index (χ2v) is 7.19. The predicted molar refractivity (Wildman–Crippen MR) is 95.4 cm³/mol. The van der Waals surface area contributed by atoms with Crippen molar-refractivity contribution in [1.82, 2.24) is 0 Å². The van der Waals surface area contributed by atoms with Crippen LogP contribution in [0.4, 0.5) is 0 Å². The molecular formula is C20H24O8. The number of fused-ring (bicyclic) bond motifs is 2. The molecule has 0 aromatic rings. The Labute approximate surface area is 162 Å². The van der Waals surface area contributed by atoms with Crippen LogP contribution in [-0.2, 0) is 33.7 Å². The third kappa shape index (κ3) is 2.74. The summed E-state index contributed by atoms with van der Waals surface area (Å²) >= 11 is 0. The fourth-order valence-electron chi connectivity index (χ4n) is 4.31. The molecule has 0 aliphatic heterocycles. The Bertz CT molecular complexity index is 814. The molecule has 0 aromatic heterocycles. The summed E-state index contributed by atoms with van der Waals surface area (Å²) in [5.41, 5.74) is -4.78. The molecule has 0 saturated heterocycles. The first-order valence-electron chi connectivity index (χ1n) is 9.19. The molecule has 2 unspecified atom stereocenters. The summed E-state index contributed by atoms with van der Waals surface area (Å²) < 4.78 is 0. The quantitative estimate of drug-likeness (QED) is 0.323. The summed E-state index contributed by atoms with van der Waals surface area (Å²) in [6, 6.07) is 0. The molecule has 8 nitrogen and oxygen atoms in total. The summed E-state index contributed by atoms with van der Waals surface area (Å²) in [5, 5.41) is 11.4. The van der Waals surface area contributed by atoms with Gasteiger partial charge in [-0.2, -0.15) is 0 Å². The summed E-state index contributed by atoms with van der Waals surface area (Å²) in [4.78, 5) is 71.8. The minimum Gasteiger partial charge on any atom is -0.380 e. The Balaban J connectivity index is 2.63. The molecule has 2 aliphatic carbocycles. The number of rotatable bonds is 5. The van der Waals surface area contributed by atoms with Crippen LogP contribution in [-0.4, -0.2) is 40.0 Å². The molecule has 152 valence electrons. The topological polar surface area (TPSA) is 124 Å². The zero-order valence-corrected chi connectivity index (χ0v) is 16.4. The number of hydrogen-bond acceptors (Lipinski definition) is 8. The van der Waals surface area contributed by atoms with Gasteiger partial charge < -0.3 is 5.11 Å². The summed E-state index contributed by atoms with van der Waals surface area (Å²) in [7, 11) is 0. The van der Waals surface area contributed by atoms with E-state index in [9.17, 15) is 29.1 Å². The van der Waals surface area contributed by atoms with Gasteiger partial charge in [-0.05, 0) is 26.2 Å². The van der Waals surface area contributed by atoms with Gasteiger partial charge in [-0.3, -0.25) is 14.4 Å². The van der Waals surface area contributed by atoms with E-state index in [-0.39, 0.29) is 24.8 Å². The Morgan fingerprint density at radius 3 is 2.14 bits per heavy atom. The number of aliphatic hydroxyl groups is 1. The maximum Gasteiger partial charge on any atom is 0.383 e. The van der Waals surface area contributed by atoms with Crippen molar-refractivity contribution in [3.05, 3.63) is 23.3 Å². The van der Waals surface area contributed by atoms with Crippen molar-refractivity contribution in [1.29, 1.82) is 0 Å². The predicted octanol–water partition coefficient (Wildman–Crippen LogP) is 1.55. The molecule has 2 rings (SSSR count). The van der Waals surface area contributed by atoms with E-state index in [0.717, 1.165) is 0 Å². The van der Waals surface area contributed by atoms with E-state index < -0.39 is 63.8 Å². The SMILES string of the molecule is C=C(C)C(=O)OOC(=O)C1=C2C(=O)C(CC)(CC)C(O)(C2=O)C(CC)C(=O)C1. The van der Waals surface area contributed by atoms with E-state index >= 15 is 0 Å². The van der Waals surface area contributed by atoms with Gasteiger partial charge >= 0.3 is 11.9 Å². The normalized spacial score (nSPS) is 26.2. The highest BCUT2D eigenvalue weighted by molar-refractivity contribution is 6.36. The lowest BCUT2D eigenvalue weighted by molar-refractivity contribution is -0.252. The van der Waals surface area contributed by atoms with Crippen molar-refractivity contribution in [3.8, 4) is 0 Å². The van der Waals surface area contributed by atoms with Crippen LogP contribution in [0.15, 0.2) is 23.3 Å². The van der Waals surface area contributed by atoms with E-state index in [1.807, 2.05) is 0 Å². The Morgan fingerprint density at radius 2 is 1.68 bits per heavy atom. The molecule has 8 heteroatoms. The highest BCUT2D eigenvalue weighted by Crippen LogP contribution is 2.56. The third-order valence-electron chi connectivity index (χ3n) is 5.91. The molecule has 28 heavy (non-hydrogen) atoms. The molecule has 1 fully saturated rings. The smallest absolute Gasteiger partial charge is 0.380 e. The van der Waals surface area contributed by atoms with Crippen molar-refractivity contribution in [2.45, 2.75) is 59.0 Å². The first-order valence-corrected chi connectivity index (χ1v) is 9.19. The van der Waals surface area contributed by atoms with Crippen LogP contribution < -0.4 is 0 Å². The molecule has 1 saturated carbocycles. The van der Waals surface area contributed by atoms with Gasteiger partial charge in [-0.15, -0.1) is 0 Å². The molecule has 2 aliphatic rings. The van der Waals surface area contributed by atoms with Gasteiger partial charge in [0.25, 0.3) is 0 Å². The van der Waals surface area contributed by atoms with Crippen LogP contribution in [0.3, 0.4) is 0 Å².